The summed E-state index contributed by atoms with van der Waals surface area (Å²) in [7, 11) is -3.18. The van der Waals surface area contributed by atoms with Crippen molar-refractivity contribution in [3.8, 4) is 0 Å². The Morgan fingerprint density at radius 2 is 1.57 bits per heavy atom. The van der Waals surface area contributed by atoms with Crippen LogP contribution in [0.1, 0.15) is 65.2 Å². The zero-order valence-electron chi connectivity index (χ0n) is 20.8. The van der Waals surface area contributed by atoms with Crippen LogP contribution < -0.4 is 0 Å². The van der Waals surface area contributed by atoms with Crippen LogP contribution in [0.2, 0.25) is 39.3 Å². The van der Waals surface area contributed by atoms with Crippen molar-refractivity contribution >= 4 is 22.4 Å². The van der Waals surface area contributed by atoms with Gasteiger partial charge in [0, 0.05) is 24.0 Å². The van der Waals surface area contributed by atoms with E-state index < -0.39 is 16.6 Å². The van der Waals surface area contributed by atoms with Gasteiger partial charge in [0.1, 0.15) is 5.78 Å². The number of hydrogen-bond acceptors (Lipinski definition) is 3. The van der Waals surface area contributed by atoms with E-state index in [1.165, 1.54) is 32.1 Å². The van der Waals surface area contributed by atoms with Crippen LogP contribution in [0.4, 0.5) is 0 Å². The van der Waals surface area contributed by atoms with Gasteiger partial charge in [-0.15, -0.1) is 0 Å². The smallest absolute Gasteiger partial charge is 0.184 e. The van der Waals surface area contributed by atoms with Crippen molar-refractivity contribution in [3.05, 3.63) is 0 Å². The van der Waals surface area contributed by atoms with E-state index in [-0.39, 0.29) is 11.5 Å². The van der Waals surface area contributed by atoms with E-state index in [1.54, 1.807) is 0 Å². The molecule has 0 aliphatic heterocycles. The van der Waals surface area contributed by atoms with Crippen LogP contribution in [0.15, 0.2) is 0 Å². The van der Waals surface area contributed by atoms with Crippen molar-refractivity contribution in [2.75, 3.05) is 0 Å². The predicted octanol–water partition coefficient (Wildman–Crippen LogP) is 6.65. The van der Waals surface area contributed by atoms with Gasteiger partial charge in [0.25, 0.3) is 0 Å². The molecule has 8 atom stereocenters. The van der Waals surface area contributed by atoms with Crippen LogP contribution in [-0.2, 0) is 13.6 Å². The van der Waals surface area contributed by atoms with Crippen molar-refractivity contribution in [1.29, 1.82) is 0 Å². The molecule has 0 aromatic heterocycles. The van der Waals surface area contributed by atoms with Crippen molar-refractivity contribution in [1.82, 2.24) is 0 Å². The van der Waals surface area contributed by atoms with Gasteiger partial charge in [-0.2, -0.15) is 0 Å². The average Bonchev–Trinajstić information content (AvgIpc) is 2.87. The summed E-state index contributed by atoms with van der Waals surface area (Å²) < 4.78 is 13.5. The number of carbonyl (C=O) groups excluding carboxylic acids is 1. The van der Waals surface area contributed by atoms with E-state index in [9.17, 15) is 4.79 Å². The number of ketones is 1. The highest BCUT2D eigenvalue weighted by Crippen LogP contribution is 2.66. The zero-order chi connectivity index (χ0) is 22.1. The zero-order valence-corrected chi connectivity index (χ0v) is 22.8. The largest absolute Gasteiger partial charge is 0.415 e. The first-order valence-electron chi connectivity index (χ1n) is 12.6. The molecule has 0 radical (unpaired) electrons. The Labute approximate surface area is 187 Å². The third-order valence-electron chi connectivity index (χ3n) is 9.26. The average molecular weight is 451 g/mol. The SMILES string of the molecule is CC12CC(O[Si](C)(C)C)C3C(CCC4CC(O[Si](C)(C)C)CCC43C)C1CCC2=O. The monoisotopic (exact) mass is 450 g/mol. The summed E-state index contributed by atoms with van der Waals surface area (Å²) in [6, 6.07) is 0. The number of fused-ring (bicyclic) bond motifs is 5. The van der Waals surface area contributed by atoms with Crippen LogP contribution in [-0.4, -0.2) is 34.6 Å². The fourth-order valence-electron chi connectivity index (χ4n) is 8.25. The fraction of sp³-hybridized carbons (Fsp3) is 0.960. The predicted molar refractivity (Wildman–Crippen MR) is 129 cm³/mol. The van der Waals surface area contributed by atoms with Crippen molar-refractivity contribution in [3.63, 3.8) is 0 Å². The molecule has 0 heterocycles. The Bertz CT molecular complexity index is 681. The van der Waals surface area contributed by atoms with Crippen LogP contribution in [0.25, 0.3) is 0 Å². The summed E-state index contributed by atoms with van der Waals surface area (Å²) in [5.74, 6) is 3.16. The second-order valence-electron chi connectivity index (χ2n) is 13.6. The van der Waals surface area contributed by atoms with E-state index >= 15 is 0 Å². The first-order chi connectivity index (χ1) is 13.7. The van der Waals surface area contributed by atoms with Gasteiger partial charge in [0.15, 0.2) is 16.6 Å². The normalized spacial score (nSPS) is 46.9. The van der Waals surface area contributed by atoms with Gasteiger partial charge >= 0.3 is 0 Å². The number of Topliss-reactive ketones (excluding diaryl/α,β-unsaturated/α-hetero) is 1. The maximum Gasteiger partial charge on any atom is 0.184 e. The second kappa shape index (κ2) is 7.53. The molecule has 8 unspecified atom stereocenters. The summed E-state index contributed by atoms with van der Waals surface area (Å²) in [4.78, 5) is 13.0. The van der Waals surface area contributed by atoms with Gasteiger partial charge in [-0.05, 0) is 113 Å². The summed E-state index contributed by atoms with van der Waals surface area (Å²) in [6.07, 6.45) is 9.97. The molecule has 5 heteroatoms. The first-order valence-corrected chi connectivity index (χ1v) is 19.4. The number of carbonyl (C=O) groups is 1. The lowest BCUT2D eigenvalue weighted by molar-refractivity contribution is -0.170. The van der Waals surface area contributed by atoms with E-state index in [1.807, 2.05) is 0 Å². The standard InChI is InChI=1S/C25H46O3Si2/c1-24-14-13-18(27-29(3,4)5)15-17(24)9-10-19-20-11-12-22(26)25(20,2)16-21(23(19)24)28-30(6,7)8/h17-21,23H,9-16H2,1-8H3. The van der Waals surface area contributed by atoms with E-state index in [2.05, 4.69) is 53.1 Å². The maximum absolute atomic E-state index is 13.0. The molecule has 0 saturated heterocycles. The second-order valence-corrected chi connectivity index (χ2v) is 22.5. The molecule has 4 aliphatic carbocycles. The van der Waals surface area contributed by atoms with Gasteiger partial charge in [0.2, 0.25) is 0 Å². The minimum absolute atomic E-state index is 0.132. The molecule has 0 bridgehead atoms. The summed E-state index contributed by atoms with van der Waals surface area (Å²) in [6.45, 7) is 18.9. The van der Waals surface area contributed by atoms with Crippen LogP contribution in [0.5, 0.6) is 0 Å². The molecule has 4 rings (SSSR count). The summed E-state index contributed by atoms with van der Waals surface area (Å²) >= 11 is 0. The minimum atomic E-state index is -1.69. The molecule has 0 aromatic carbocycles. The number of rotatable bonds is 4. The molecule has 4 aliphatic rings. The Balaban J connectivity index is 1.64. The molecule has 4 saturated carbocycles. The van der Waals surface area contributed by atoms with Crippen LogP contribution in [0, 0.1) is 34.5 Å². The Morgan fingerprint density at radius 1 is 0.900 bits per heavy atom. The Kier molecular flexibility index (Phi) is 5.82. The van der Waals surface area contributed by atoms with Crippen molar-refractivity contribution < 1.29 is 13.6 Å². The molecule has 0 spiro atoms. The third-order valence-corrected chi connectivity index (χ3v) is 11.3. The lowest BCUT2D eigenvalue weighted by Crippen LogP contribution is -2.61. The minimum Gasteiger partial charge on any atom is -0.415 e. The van der Waals surface area contributed by atoms with Crippen LogP contribution >= 0.6 is 0 Å². The molecule has 4 fully saturated rings. The topological polar surface area (TPSA) is 35.5 Å². The first kappa shape index (κ1) is 23.2. The fourth-order valence-corrected chi connectivity index (χ4v) is 10.6. The van der Waals surface area contributed by atoms with Gasteiger partial charge in [0.05, 0.1) is 0 Å². The lowest BCUT2D eigenvalue weighted by Gasteiger charge is -2.63. The highest BCUT2D eigenvalue weighted by atomic mass is 28.4. The van der Waals surface area contributed by atoms with Crippen LogP contribution in [0.3, 0.4) is 0 Å². The molecular weight excluding hydrogens is 404 g/mol. The van der Waals surface area contributed by atoms with Gasteiger partial charge in [-0.25, -0.2) is 0 Å². The summed E-state index contributed by atoms with van der Waals surface area (Å²) in [5.41, 5.74) is 0.215. The lowest BCUT2D eigenvalue weighted by atomic mass is 9.44. The molecular formula is C25H46O3Si2. The quantitative estimate of drug-likeness (QED) is 0.450. The van der Waals surface area contributed by atoms with E-state index in [0.29, 0.717) is 35.1 Å². The molecule has 0 N–H and O–H groups in total. The van der Waals surface area contributed by atoms with E-state index in [4.69, 9.17) is 8.85 Å². The highest BCUT2D eigenvalue weighted by Gasteiger charge is 2.64. The maximum atomic E-state index is 13.0. The van der Waals surface area contributed by atoms with Crippen molar-refractivity contribution in [2.24, 2.45) is 34.5 Å². The molecule has 30 heavy (non-hydrogen) atoms. The highest BCUT2D eigenvalue weighted by molar-refractivity contribution is 6.70. The molecule has 3 nitrogen and oxygen atoms in total. The molecule has 0 amide bonds. The summed E-state index contributed by atoms with van der Waals surface area (Å²) in [5, 5.41) is 0. The molecule has 172 valence electrons. The van der Waals surface area contributed by atoms with Gasteiger partial charge in [-0.1, -0.05) is 13.8 Å². The Hall–Kier alpha value is 0.0238. The number of hydrogen-bond donors (Lipinski definition) is 0. The van der Waals surface area contributed by atoms with Gasteiger partial charge < -0.3 is 8.85 Å². The van der Waals surface area contributed by atoms with Crippen molar-refractivity contribution in [2.45, 2.75) is 117 Å². The van der Waals surface area contributed by atoms with Gasteiger partial charge in [-0.3, -0.25) is 4.79 Å². The third kappa shape index (κ3) is 4.06. The molecule has 0 aromatic rings. The van der Waals surface area contributed by atoms with E-state index in [0.717, 1.165) is 25.2 Å². The Morgan fingerprint density at radius 3 is 2.20 bits per heavy atom.